The van der Waals surface area contributed by atoms with E-state index in [2.05, 4.69) is 10.5 Å². The number of likely N-dealkylation sites (N-methyl/N-ethyl adjacent to an activating group) is 1. The van der Waals surface area contributed by atoms with E-state index < -0.39 is 22.5 Å². The molecule has 0 heterocycles. The van der Waals surface area contributed by atoms with Gasteiger partial charge in [-0.05, 0) is 36.8 Å². The van der Waals surface area contributed by atoms with E-state index in [1.807, 2.05) is 0 Å². The largest absolute Gasteiger partial charge is 0.497 e. The summed E-state index contributed by atoms with van der Waals surface area (Å²) in [6.07, 6.45) is 1.40. The second-order valence-electron chi connectivity index (χ2n) is 6.32. The molecule has 30 heavy (non-hydrogen) atoms. The molecule has 0 saturated heterocycles. The molecule has 1 amide bonds. The van der Waals surface area contributed by atoms with Gasteiger partial charge in [0.25, 0.3) is 5.91 Å². The molecule has 0 unspecified atom stereocenters. The van der Waals surface area contributed by atoms with Gasteiger partial charge in [0.05, 0.1) is 34.1 Å². The van der Waals surface area contributed by atoms with Crippen LogP contribution in [0, 0.1) is 6.92 Å². The second-order valence-corrected chi connectivity index (χ2v) is 8.33. The van der Waals surface area contributed by atoms with Gasteiger partial charge >= 0.3 is 0 Å². The SMILES string of the molecule is COc1ccc(/C=N/NC(=O)CN(C)S(=O)(=O)c2cc(C)ccc2OC)c(OC)c1. The number of hydrazone groups is 1. The predicted molar refractivity (Wildman–Crippen MR) is 113 cm³/mol. The summed E-state index contributed by atoms with van der Waals surface area (Å²) in [4.78, 5) is 12.2. The van der Waals surface area contributed by atoms with Crippen molar-refractivity contribution in [3.63, 3.8) is 0 Å². The molecule has 0 spiro atoms. The summed E-state index contributed by atoms with van der Waals surface area (Å²) in [7, 11) is 1.81. The van der Waals surface area contributed by atoms with Crippen LogP contribution in [-0.4, -0.2) is 59.8 Å². The minimum atomic E-state index is -3.93. The number of nitrogens with one attached hydrogen (secondary N) is 1. The zero-order valence-corrected chi connectivity index (χ0v) is 18.3. The highest BCUT2D eigenvalue weighted by atomic mass is 32.2. The van der Waals surface area contributed by atoms with Gasteiger partial charge in [-0.2, -0.15) is 9.41 Å². The topological polar surface area (TPSA) is 107 Å². The lowest BCUT2D eigenvalue weighted by molar-refractivity contribution is -0.121. The smallest absolute Gasteiger partial charge is 0.255 e. The van der Waals surface area contributed by atoms with E-state index >= 15 is 0 Å². The van der Waals surface area contributed by atoms with Crippen LogP contribution in [0.3, 0.4) is 0 Å². The van der Waals surface area contributed by atoms with E-state index in [-0.39, 0.29) is 10.6 Å². The van der Waals surface area contributed by atoms with Crippen molar-refractivity contribution in [2.45, 2.75) is 11.8 Å². The number of carbonyl (C=O) groups excluding carboxylic acids is 1. The molecule has 0 aliphatic carbocycles. The Morgan fingerprint density at radius 1 is 1.07 bits per heavy atom. The number of sulfonamides is 1. The van der Waals surface area contributed by atoms with Crippen LogP contribution in [0.2, 0.25) is 0 Å². The summed E-state index contributed by atoms with van der Waals surface area (Å²) in [5.41, 5.74) is 3.68. The fourth-order valence-electron chi connectivity index (χ4n) is 2.57. The van der Waals surface area contributed by atoms with Crippen LogP contribution < -0.4 is 19.6 Å². The van der Waals surface area contributed by atoms with Crippen molar-refractivity contribution in [1.29, 1.82) is 0 Å². The molecule has 0 fully saturated rings. The molecule has 0 saturated carbocycles. The van der Waals surface area contributed by atoms with Gasteiger partial charge in [-0.25, -0.2) is 13.8 Å². The fourth-order valence-corrected chi connectivity index (χ4v) is 3.94. The summed E-state index contributed by atoms with van der Waals surface area (Å²) in [5.74, 6) is 0.735. The quantitative estimate of drug-likeness (QED) is 0.475. The van der Waals surface area contributed by atoms with E-state index in [4.69, 9.17) is 14.2 Å². The average molecular weight is 436 g/mol. The summed E-state index contributed by atoms with van der Waals surface area (Å²) in [6, 6.07) is 9.93. The van der Waals surface area contributed by atoms with Crippen molar-refractivity contribution in [3.8, 4) is 17.2 Å². The van der Waals surface area contributed by atoms with E-state index in [0.717, 1.165) is 9.87 Å². The minimum Gasteiger partial charge on any atom is -0.497 e. The molecule has 0 aromatic heterocycles. The first kappa shape index (κ1) is 23.2. The number of aryl methyl sites for hydroxylation is 1. The molecule has 0 bridgehead atoms. The molecule has 2 aromatic rings. The zero-order chi connectivity index (χ0) is 22.3. The fraction of sp³-hybridized carbons (Fsp3) is 0.300. The average Bonchev–Trinajstić information content (AvgIpc) is 2.73. The van der Waals surface area contributed by atoms with Crippen molar-refractivity contribution < 1.29 is 27.4 Å². The number of benzene rings is 2. The zero-order valence-electron chi connectivity index (χ0n) is 17.5. The standard InChI is InChI=1S/C20H25N3O6S/c1-14-6-9-17(28-4)19(10-14)30(25,26)23(2)13-20(24)22-21-12-15-7-8-16(27-3)11-18(15)29-5/h6-12H,13H2,1-5H3,(H,22,24)/b21-12+. The Kier molecular flexibility index (Phi) is 7.79. The van der Waals surface area contributed by atoms with E-state index in [9.17, 15) is 13.2 Å². The van der Waals surface area contributed by atoms with Gasteiger partial charge in [-0.3, -0.25) is 4.79 Å². The second kappa shape index (κ2) is 10.1. The Balaban J connectivity index is 2.08. The van der Waals surface area contributed by atoms with Gasteiger partial charge in [0, 0.05) is 18.7 Å². The van der Waals surface area contributed by atoms with Gasteiger partial charge in [-0.15, -0.1) is 0 Å². The third kappa shape index (κ3) is 5.49. The molecule has 10 heteroatoms. The van der Waals surface area contributed by atoms with Gasteiger partial charge in [0.1, 0.15) is 22.1 Å². The maximum atomic E-state index is 12.8. The minimum absolute atomic E-state index is 0.00762. The number of methoxy groups -OCH3 is 3. The monoisotopic (exact) mass is 435 g/mol. The molecular formula is C20H25N3O6S. The van der Waals surface area contributed by atoms with Crippen molar-refractivity contribution in [3.05, 3.63) is 47.5 Å². The number of hydrogen-bond donors (Lipinski definition) is 1. The lowest BCUT2D eigenvalue weighted by Crippen LogP contribution is -2.36. The third-order valence-electron chi connectivity index (χ3n) is 4.21. The van der Waals surface area contributed by atoms with Crippen LogP contribution in [-0.2, 0) is 14.8 Å². The van der Waals surface area contributed by atoms with Crippen LogP contribution in [0.15, 0.2) is 46.4 Å². The Bertz CT molecular complexity index is 1040. The number of hydrogen-bond acceptors (Lipinski definition) is 7. The Morgan fingerprint density at radius 3 is 2.40 bits per heavy atom. The van der Waals surface area contributed by atoms with Crippen molar-refractivity contribution in [2.75, 3.05) is 34.9 Å². The van der Waals surface area contributed by atoms with Crippen LogP contribution in [0.4, 0.5) is 0 Å². The molecule has 2 aromatic carbocycles. The third-order valence-corrected chi connectivity index (χ3v) is 6.03. The van der Waals surface area contributed by atoms with E-state index in [1.165, 1.54) is 33.5 Å². The van der Waals surface area contributed by atoms with Crippen LogP contribution in [0.25, 0.3) is 0 Å². The number of rotatable bonds is 9. The Hall–Kier alpha value is -3.11. The maximum absolute atomic E-state index is 12.8. The lowest BCUT2D eigenvalue weighted by Gasteiger charge is -2.18. The molecule has 0 atom stereocenters. The first-order valence-electron chi connectivity index (χ1n) is 8.87. The lowest BCUT2D eigenvalue weighted by atomic mass is 10.2. The van der Waals surface area contributed by atoms with E-state index in [0.29, 0.717) is 17.1 Å². The van der Waals surface area contributed by atoms with Gasteiger partial charge < -0.3 is 14.2 Å². The molecular weight excluding hydrogens is 410 g/mol. The van der Waals surface area contributed by atoms with Crippen molar-refractivity contribution >= 4 is 22.1 Å². The number of amides is 1. The molecule has 0 aliphatic rings. The Morgan fingerprint density at radius 2 is 1.77 bits per heavy atom. The number of carbonyl (C=O) groups is 1. The normalized spacial score (nSPS) is 11.5. The van der Waals surface area contributed by atoms with Crippen molar-refractivity contribution in [1.82, 2.24) is 9.73 Å². The number of ether oxygens (including phenoxy) is 3. The van der Waals surface area contributed by atoms with Gasteiger partial charge in [0.15, 0.2) is 0 Å². The summed E-state index contributed by atoms with van der Waals surface area (Å²) in [5, 5.41) is 3.87. The highest BCUT2D eigenvalue weighted by Gasteiger charge is 2.26. The van der Waals surface area contributed by atoms with Crippen molar-refractivity contribution in [2.24, 2.45) is 5.10 Å². The van der Waals surface area contributed by atoms with E-state index in [1.54, 1.807) is 44.4 Å². The first-order valence-corrected chi connectivity index (χ1v) is 10.3. The maximum Gasteiger partial charge on any atom is 0.255 e. The highest BCUT2D eigenvalue weighted by Crippen LogP contribution is 2.27. The molecule has 9 nitrogen and oxygen atoms in total. The molecule has 1 N–H and O–H groups in total. The Labute approximate surface area is 176 Å². The summed E-state index contributed by atoms with van der Waals surface area (Å²) in [6.45, 7) is 1.35. The molecule has 0 radical (unpaired) electrons. The van der Waals surface area contributed by atoms with Crippen LogP contribution in [0.1, 0.15) is 11.1 Å². The van der Waals surface area contributed by atoms with Crippen LogP contribution >= 0.6 is 0 Å². The number of nitrogens with zero attached hydrogens (tertiary/aromatic N) is 2. The van der Waals surface area contributed by atoms with Gasteiger partial charge in [0.2, 0.25) is 10.0 Å². The predicted octanol–water partition coefficient (Wildman–Crippen LogP) is 1.79. The molecule has 0 aliphatic heterocycles. The summed E-state index contributed by atoms with van der Waals surface area (Å²) >= 11 is 0. The molecule has 162 valence electrons. The van der Waals surface area contributed by atoms with Crippen LogP contribution in [0.5, 0.6) is 17.2 Å². The summed E-state index contributed by atoms with van der Waals surface area (Å²) < 4.78 is 42.1. The molecule has 2 rings (SSSR count). The van der Waals surface area contributed by atoms with Gasteiger partial charge in [-0.1, -0.05) is 6.07 Å². The highest BCUT2D eigenvalue weighted by molar-refractivity contribution is 7.89. The first-order chi connectivity index (χ1) is 14.2.